The van der Waals surface area contributed by atoms with Gasteiger partial charge in [0.05, 0.1) is 44.4 Å². The van der Waals surface area contributed by atoms with Crippen molar-refractivity contribution in [1.29, 1.82) is 0 Å². The van der Waals surface area contributed by atoms with Gasteiger partial charge in [-0.25, -0.2) is 9.50 Å². The molecule has 0 aliphatic heterocycles. The van der Waals surface area contributed by atoms with E-state index in [1.807, 2.05) is 59.5 Å². The van der Waals surface area contributed by atoms with Crippen LogP contribution in [0.5, 0.6) is 11.5 Å². The van der Waals surface area contributed by atoms with Crippen LogP contribution in [0.2, 0.25) is 0 Å². The van der Waals surface area contributed by atoms with E-state index in [0.29, 0.717) is 35.2 Å². The van der Waals surface area contributed by atoms with Crippen molar-refractivity contribution in [2.45, 2.75) is 6.54 Å². The van der Waals surface area contributed by atoms with Gasteiger partial charge in [-0.15, -0.1) is 5.10 Å². The van der Waals surface area contributed by atoms with Crippen molar-refractivity contribution >= 4 is 34.0 Å². The molecule has 0 amide bonds. The summed E-state index contributed by atoms with van der Waals surface area (Å²) in [5.41, 5.74) is 10.9. The number of fused-ring (bicyclic) bond motifs is 2. The molecule has 3 N–H and O–H groups in total. The molecular formula is C27H24N8O2. The van der Waals surface area contributed by atoms with Crippen LogP contribution in [0.1, 0.15) is 5.56 Å². The average molecular weight is 493 g/mol. The summed E-state index contributed by atoms with van der Waals surface area (Å²) < 4.78 is 14.4. The molecule has 3 aromatic heterocycles. The fourth-order valence-corrected chi connectivity index (χ4v) is 4.26. The lowest BCUT2D eigenvalue weighted by Gasteiger charge is -2.12. The van der Waals surface area contributed by atoms with Crippen molar-refractivity contribution in [3.63, 3.8) is 0 Å². The predicted octanol–water partition coefficient (Wildman–Crippen LogP) is 4.53. The average Bonchev–Trinajstić information content (AvgIpc) is 3.51. The summed E-state index contributed by atoms with van der Waals surface area (Å²) in [5, 5.41) is 13.3. The molecule has 0 saturated heterocycles. The number of methoxy groups -OCH3 is 2. The van der Waals surface area contributed by atoms with Gasteiger partial charge in [-0.2, -0.15) is 10.1 Å². The first-order chi connectivity index (χ1) is 18.1. The van der Waals surface area contributed by atoms with E-state index in [2.05, 4.69) is 38.7 Å². The Hall–Kier alpha value is -5.12. The number of hydrogen-bond acceptors (Lipinski definition) is 8. The summed E-state index contributed by atoms with van der Waals surface area (Å²) in [6, 6.07) is 21.9. The number of nitrogens with two attached hydrogens (primary N) is 1. The van der Waals surface area contributed by atoms with Crippen LogP contribution in [-0.4, -0.2) is 43.6 Å². The second-order valence-electron chi connectivity index (χ2n) is 8.50. The highest BCUT2D eigenvalue weighted by atomic mass is 16.5. The number of hydrogen-bond donors (Lipinski definition) is 2. The fraction of sp³-hybridized carbons (Fsp3) is 0.111. The van der Waals surface area contributed by atoms with Gasteiger partial charge >= 0.3 is 0 Å². The van der Waals surface area contributed by atoms with Gasteiger partial charge in [0.2, 0.25) is 11.6 Å². The third-order valence-corrected chi connectivity index (χ3v) is 6.07. The zero-order chi connectivity index (χ0) is 25.4. The van der Waals surface area contributed by atoms with Gasteiger partial charge in [-0.1, -0.05) is 42.5 Å². The van der Waals surface area contributed by atoms with Crippen molar-refractivity contribution in [2.24, 2.45) is 0 Å². The minimum absolute atomic E-state index is 0.154. The Balaban J connectivity index is 1.43. The normalized spacial score (nSPS) is 11.2. The molecule has 3 aromatic carbocycles. The van der Waals surface area contributed by atoms with E-state index >= 15 is 0 Å². The molecule has 0 aliphatic carbocycles. The van der Waals surface area contributed by atoms with E-state index in [9.17, 15) is 0 Å². The molecule has 0 aliphatic rings. The van der Waals surface area contributed by atoms with E-state index in [1.165, 1.54) is 5.56 Å². The molecule has 6 rings (SSSR count). The predicted molar refractivity (Wildman–Crippen MR) is 142 cm³/mol. The molecule has 0 fully saturated rings. The first kappa shape index (κ1) is 22.4. The Kier molecular flexibility index (Phi) is 5.53. The first-order valence-corrected chi connectivity index (χ1v) is 11.6. The standard InChI is InChI=1S/C27H24N8O2/c1-36-21-11-20(12-22(13-21)37-2)30-25-26-32-27(28)33-35(26)16-23(31-25)18-8-9-19-14-29-34(24(19)10-18)15-17-6-4-3-5-7-17/h3-14,16H,15H2,1-2H3,(H2,28,33)(H,30,31). The first-order valence-electron chi connectivity index (χ1n) is 11.6. The van der Waals surface area contributed by atoms with Crippen molar-refractivity contribution in [1.82, 2.24) is 29.4 Å². The van der Waals surface area contributed by atoms with Gasteiger partial charge in [0.15, 0.2) is 5.82 Å². The maximum atomic E-state index is 5.94. The van der Waals surface area contributed by atoms with Crippen LogP contribution in [0, 0.1) is 0 Å². The summed E-state index contributed by atoms with van der Waals surface area (Å²) in [6.07, 6.45) is 3.69. The van der Waals surface area contributed by atoms with Gasteiger partial charge < -0.3 is 20.5 Å². The Bertz CT molecular complexity index is 1700. The maximum Gasteiger partial charge on any atom is 0.240 e. The number of nitrogens with one attached hydrogen (secondary N) is 1. The molecule has 0 saturated carbocycles. The smallest absolute Gasteiger partial charge is 0.240 e. The van der Waals surface area contributed by atoms with Gasteiger partial charge in [0.25, 0.3) is 0 Å². The van der Waals surface area contributed by atoms with E-state index in [0.717, 1.165) is 22.2 Å². The number of anilines is 3. The largest absolute Gasteiger partial charge is 0.497 e. The van der Waals surface area contributed by atoms with Gasteiger partial charge in [0.1, 0.15) is 11.5 Å². The number of nitrogens with zero attached hydrogens (tertiary/aromatic N) is 6. The van der Waals surface area contributed by atoms with Crippen LogP contribution in [0.3, 0.4) is 0 Å². The highest BCUT2D eigenvalue weighted by Gasteiger charge is 2.15. The number of rotatable bonds is 7. The lowest BCUT2D eigenvalue weighted by atomic mass is 10.1. The number of ether oxygens (including phenoxy) is 2. The van der Waals surface area contributed by atoms with Crippen LogP contribution < -0.4 is 20.5 Å². The van der Waals surface area contributed by atoms with Crippen molar-refractivity contribution in [2.75, 3.05) is 25.3 Å². The van der Waals surface area contributed by atoms with Crippen LogP contribution in [0.15, 0.2) is 79.1 Å². The minimum atomic E-state index is 0.154. The molecule has 6 aromatic rings. The molecule has 184 valence electrons. The summed E-state index contributed by atoms with van der Waals surface area (Å²) in [4.78, 5) is 9.25. The molecule has 0 radical (unpaired) electrons. The zero-order valence-corrected chi connectivity index (χ0v) is 20.3. The monoisotopic (exact) mass is 492 g/mol. The maximum absolute atomic E-state index is 5.94. The topological polar surface area (TPSA) is 117 Å². The van der Waals surface area contributed by atoms with E-state index in [-0.39, 0.29) is 5.95 Å². The summed E-state index contributed by atoms with van der Waals surface area (Å²) >= 11 is 0. The minimum Gasteiger partial charge on any atom is -0.497 e. The molecule has 0 spiro atoms. The zero-order valence-electron chi connectivity index (χ0n) is 20.3. The number of aromatic nitrogens is 6. The quantitative estimate of drug-likeness (QED) is 0.334. The fourth-order valence-electron chi connectivity index (χ4n) is 4.26. The van der Waals surface area contributed by atoms with E-state index < -0.39 is 0 Å². The van der Waals surface area contributed by atoms with Crippen LogP contribution in [-0.2, 0) is 6.54 Å². The van der Waals surface area contributed by atoms with Crippen molar-refractivity contribution in [3.8, 4) is 22.8 Å². The molecule has 0 bridgehead atoms. The van der Waals surface area contributed by atoms with Gasteiger partial charge in [-0.3, -0.25) is 4.68 Å². The molecular weight excluding hydrogens is 468 g/mol. The molecule has 0 unspecified atom stereocenters. The van der Waals surface area contributed by atoms with Gasteiger partial charge in [0, 0.05) is 34.8 Å². The molecule has 3 heterocycles. The molecule has 10 heteroatoms. The van der Waals surface area contributed by atoms with Crippen molar-refractivity contribution < 1.29 is 9.47 Å². The summed E-state index contributed by atoms with van der Waals surface area (Å²) in [7, 11) is 3.21. The second-order valence-corrected chi connectivity index (χ2v) is 8.50. The second kappa shape index (κ2) is 9.15. The summed E-state index contributed by atoms with van der Waals surface area (Å²) in [5.74, 6) is 1.94. The Morgan fingerprint density at radius 3 is 2.46 bits per heavy atom. The Labute approximate surface area is 212 Å². The number of nitrogen functional groups attached to an aromatic ring is 1. The SMILES string of the molecule is COc1cc(Nc2nc(-c3ccc4cnn(Cc5ccccc5)c4c3)cn3nc(N)nc23)cc(OC)c1. The van der Waals surface area contributed by atoms with Crippen molar-refractivity contribution in [3.05, 3.63) is 84.7 Å². The highest BCUT2D eigenvalue weighted by Crippen LogP contribution is 2.31. The van der Waals surface area contributed by atoms with E-state index in [4.69, 9.17) is 20.2 Å². The molecule has 10 nitrogen and oxygen atoms in total. The van der Waals surface area contributed by atoms with Crippen LogP contribution >= 0.6 is 0 Å². The Morgan fingerprint density at radius 2 is 1.70 bits per heavy atom. The molecule has 37 heavy (non-hydrogen) atoms. The third kappa shape index (κ3) is 4.36. The third-order valence-electron chi connectivity index (χ3n) is 6.07. The number of benzene rings is 3. The van der Waals surface area contributed by atoms with E-state index in [1.54, 1.807) is 24.8 Å². The van der Waals surface area contributed by atoms with Crippen LogP contribution in [0.4, 0.5) is 17.5 Å². The van der Waals surface area contributed by atoms with Gasteiger partial charge in [-0.05, 0) is 11.6 Å². The summed E-state index contributed by atoms with van der Waals surface area (Å²) in [6.45, 7) is 0.671. The lowest BCUT2D eigenvalue weighted by Crippen LogP contribution is -2.03. The van der Waals surface area contributed by atoms with Crippen LogP contribution in [0.25, 0.3) is 27.8 Å². The Morgan fingerprint density at radius 1 is 0.919 bits per heavy atom. The molecule has 0 atom stereocenters. The highest BCUT2D eigenvalue weighted by molar-refractivity contribution is 5.84. The lowest BCUT2D eigenvalue weighted by molar-refractivity contribution is 0.395.